The number of methoxy groups -OCH3 is 2. The van der Waals surface area contributed by atoms with E-state index in [-0.39, 0.29) is 47.6 Å². The molecule has 14 nitrogen and oxygen atoms in total. The van der Waals surface area contributed by atoms with E-state index in [4.69, 9.17) is 9.47 Å². The number of nitrogens with zero attached hydrogens (tertiary/aromatic N) is 2. The average Bonchev–Trinajstić information content (AvgIpc) is 3.89. The molecule has 0 spiro atoms. The summed E-state index contributed by atoms with van der Waals surface area (Å²) in [4.78, 5) is 53.3. The van der Waals surface area contributed by atoms with Crippen molar-refractivity contribution in [3.05, 3.63) is 84.9 Å². The molecule has 2 heterocycles. The van der Waals surface area contributed by atoms with Crippen LogP contribution in [0.1, 0.15) is 40.5 Å². The van der Waals surface area contributed by atoms with Gasteiger partial charge in [-0.1, -0.05) is 110 Å². The zero-order valence-electron chi connectivity index (χ0n) is 34.1. The zero-order valence-corrected chi connectivity index (χ0v) is 37.4. The number of sulfonamides is 2. The molecule has 0 saturated carbocycles. The lowest BCUT2D eigenvalue weighted by Crippen LogP contribution is -2.52. The fourth-order valence-corrected chi connectivity index (χ4v) is 14.1. The smallest absolute Gasteiger partial charge is 0.328 e. The van der Waals surface area contributed by atoms with Crippen molar-refractivity contribution >= 4 is 86.9 Å². The third-order valence-corrected chi connectivity index (χ3v) is 17.9. The molecule has 2 N–H and O–H groups in total. The minimum Gasteiger partial charge on any atom is -0.467 e. The lowest BCUT2D eigenvalue weighted by molar-refractivity contribution is -0.147. The Hall–Kier alpha value is -4.20. The third kappa shape index (κ3) is 9.63. The molecular weight excluding hydrogens is 849 g/mol. The molecule has 2 aliphatic heterocycles. The van der Waals surface area contributed by atoms with E-state index in [1.54, 1.807) is 76.2 Å². The first-order valence-corrected chi connectivity index (χ1v) is 24.7. The highest BCUT2D eigenvalue weighted by Gasteiger charge is 2.48. The summed E-state index contributed by atoms with van der Waals surface area (Å²) < 4.78 is 69.7. The van der Waals surface area contributed by atoms with Crippen LogP contribution in [-0.4, -0.2) is 111 Å². The fourth-order valence-electron chi connectivity index (χ4n) is 7.52. The van der Waals surface area contributed by atoms with Crippen LogP contribution in [0.3, 0.4) is 0 Å². The van der Waals surface area contributed by atoms with Gasteiger partial charge in [-0.05, 0) is 70.5 Å². The van der Waals surface area contributed by atoms with Gasteiger partial charge in [-0.3, -0.25) is 9.59 Å². The first kappa shape index (κ1) is 45.3. The minimum absolute atomic E-state index is 0.0107. The average molecular weight is 899 g/mol. The number of nitrogens with one attached hydrogen (secondary N) is 2. The molecule has 6 atom stereocenters. The molecule has 6 rings (SSSR count). The second-order valence-electron chi connectivity index (χ2n) is 15.6. The Morgan fingerprint density at radius 2 is 0.933 bits per heavy atom. The van der Waals surface area contributed by atoms with Gasteiger partial charge < -0.3 is 20.1 Å². The summed E-state index contributed by atoms with van der Waals surface area (Å²) in [7, 11) is -3.42. The largest absolute Gasteiger partial charge is 0.467 e. The number of rotatable bonds is 15. The lowest BCUT2D eigenvalue weighted by atomic mass is 10.0. The number of ether oxygens (including phenoxy) is 2. The number of hydrogen-bond donors (Lipinski definition) is 2. The predicted molar refractivity (Wildman–Crippen MR) is 233 cm³/mol. The molecule has 18 heteroatoms. The summed E-state index contributed by atoms with van der Waals surface area (Å²) in [5, 5.41) is 7.67. The van der Waals surface area contributed by atoms with E-state index in [0.29, 0.717) is 10.8 Å². The van der Waals surface area contributed by atoms with Crippen molar-refractivity contribution in [1.29, 1.82) is 0 Å². The molecule has 0 radical (unpaired) electrons. The summed E-state index contributed by atoms with van der Waals surface area (Å²) in [5.41, 5.74) is 0. The number of hydrogen-bond acceptors (Lipinski definition) is 12. The summed E-state index contributed by atoms with van der Waals surface area (Å²) >= 11 is 0. The van der Waals surface area contributed by atoms with Crippen LogP contribution in [0.4, 0.5) is 0 Å². The molecule has 0 unspecified atom stereocenters. The Labute approximate surface area is 359 Å². The Balaban J connectivity index is 1.27. The van der Waals surface area contributed by atoms with E-state index in [2.05, 4.69) is 10.6 Å². The Morgan fingerprint density at radius 1 is 0.583 bits per heavy atom. The number of benzene rings is 4. The minimum atomic E-state index is -4.24. The van der Waals surface area contributed by atoms with Crippen molar-refractivity contribution in [2.45, 2.75) is 85.0 Å². The number of amides is 2. The molecular formula is C42H50N4O10S4. The predicted octanol–water partition coefficient (Wildman–Crippen LogP) is 4.97. The van der Waals surface area contributed by atoms with Crippen molar-refractivity contribution in [2.24, 2.45) is 11.8 Å². The van der Waals surface area contributed by atoms with E-state index in [1.165, 1.54) is 56.6 Å². The molecule has 0 bridgehead atoms. The summed E-state index contributed by atoms with van der Waals surface area (Å²) in [5.74, 6) is -3.30. The van der Waals surface area contributed by atoms with Crippen LogP contribution in [0.15, 0.2) is 94.7 Å². The van der Waals surface area contributed by atoms with Crippen molar-refractivity contribution < 1.29 is 45.5 Å². The first-order valence-electron chi connectivity index (χ1n) is 19.6. The van der Waals surface area contributed by atoms with Gasteiger partial charge in [-0.25, -0.2) is 26.4 Å². The second-order valence-corrected chi connectivity index (χ2v) is 22.3. The molecule has 2 amide bonds. The van der Waals surface area contributed by atoms with Crippen LogP contribution in [0.5, 0.6) is 0 Å². The zero-order chi connectivity index (χ0) is 43.5. The van der Waals surface area contributed by atoms with Crippen LogP contribution < -0.4 is 10.6 Å². The number of carbonyl (C=O) groups excluding carboxylic acids is 4. The maximum atomic E-state index is 14.4. The van der Waals surface area contributed by atoms with E-state index in [9.17, 15) is 36.0 Å². The van der Waals surface area contributed by atoms with Gasteiger partial charge in [0.2, 0.25) is 31.9 Å². The van der Waals surface area contributed by atoms with Crippen LogP contribution in [-0.2, 0) is 48.7 Å². The van der Waals surface area contributed by atoms with Gasteiger partial charge in [-0.15, -0.1) is 0 Å². The number of fused-ring (bicyclic) bond motifs is 2. The van der Waals surface area contributed by atoms with E-state index >= 15 is 0 Å². The quantitative estimate of drug-likeness (QED) is 0.121. The first-order chi connectivity index (χ1) is 28.5. The maximum Gasteiger partial charge on any atom is 0.328 e. The van der Waals surface area contributed by atoms with E-state index in [1.807, 2.05) is 24.3 Å². The molecule has 60 heavy (non-hydrogen) atoms. The van der Waals surface area contributed by atoms with Crippen LogP contribution in [0.2, 0.25) is 0 Å². The van der Waals surface area contributed by atoms with Gasteiger partial charge >= 0.3 is 11.9 Å². The van der Waals surface area contributed by atoms with E-state index < -0.39 is 78.5 Å². The third-order valence-electron chi connectivity index (χ3n) is 10.9. The molecule has 2 saturated heterocycles. The summed E-state index contributed by atoms with van der Waals surface area (Å²) in [6.45, 7) is 6.86. The molecule has 0 aliphatic carbocycles. The number of esters is 2. The Morgan fingerprint density at radius 3 is 1.27 bits per heavy atom. The van der Waals surface area contributed by atoms with Crippen LogP contribution >= 0.6 is 21.6 Å². The fraction of sp³-hybridized carbons (Fsp3) is 0.429. The molecule has 322 valence electrons. The molecule has 4 aromatic rings. The molecule has 2 aliphatic rings. The highest BCUT2D eigenvalue weighted by Crippen LogP contribution is 2.44. The standard InChI is InChI=1S/C42H50N4O10S4/c1-25(2)37(41(49)55-5)43-39(47)35-21-31(23-45(35)59(51,52)33-17-15-27-11-7-9-13-29(27)19-33)57-58-32-22-36(40(48)44-38(26(3)4)42(50)56-6)46(24-32)60(53,54)34-18-16-28-12-8-10-14-30(28)20-34/h7-20,25-26,31-32,35-38H,21-24H2,1-6H3,(H,43,47)(H,44,48)/t31-,32-,35-,36-,37-,38-/m0/s1. The van der Waals surface area contributed by atoms with Crippen molar-refractivity contribution in [1.82, 2.24) is 19.2 Å². The summed E-state index contributed by atoms with van der Waals surface area (Å²) in [6, 6.07) is 19.8. The topological polar surface area (TPSA) is 186 Å². The lowest BCUT2D eigenvalue weighted by Gasteiger charge is -2.26. The monoisotopic (exact) mass is 898 g/mol. The normalized spacial score (nSPS) is 21.3. The maximum absolute atomic E-state index is 14.4. The van der Waals surface area contributed by atoms with Gasteiger partial charge in [0.25, 0.3) is 0 Å². The van der Waals surface area contributed by atoms with Gasteiger partial charge in [-0.2, -0.15) is 8.61 Å². The van der Waals surface area contributed by atoms with Crippen LogP contribution in [0.25, 0.3) is 21.5 Å². The Bertz CT molecular complexity index is 2310. The molecule has 0 aromatic heterocycles. The highest BCUT2D eigenvalue weighted by molar-refractivity contribution is 8.77. The second kappa shape index (κ2) is 18.8. The number of carbonyl (C=O) groups is 4. The van der Waals surface area contributed by atoms with Gasteiger partial charge in [0.15, 0.2) is 0 Å². The Kier molecular flexibility index (Phi) is 14.2. The van der Waals surface area contributed by atoms with Gasteiger partial charge in [0, 0.05) is 23.6 Å². The summed E-state index contributed by atoms with van der Waals surface area (Å²) in [6.07, 6.45) is 0.181. The van der Waals surface area contributed by atoms with Crippen LogP contribution in [0, 0.1) is 11.8 Å². The van der Waals surface area contributed by atoms with Gasteiger partial charge in [0.05, 0.1) is 24.0 Å². The van der Waals surface area contributed by atoms with Crippen molar-refractivity contribution in [3.8, 4) is 0 Å². The van der Waals surface area contributed by atoms with Crippen molar-refractivity contribution in [3.63, 3.8) is 0 Å². The SMILES string of the molecule is COC(=O)[C@@H](NC(=O)[C@@H]1C[C@H](SS[C@H]2C[C@@H](C(=O)N[C@H](C(=O)OC)C(C)C)N(S(=O)(=O)c3ccc4ccccc4c3)C2)CN1S(=O)(=O)c1ccc2ccccc2c1)C(C)C. The highest BCUT2D eigenvalue weighted by atomic mass is 33.1. The van der Waals surface area contributed by atoms with Crippen molar-refractivity contribution in [2.75, 3.05) is 27.3 Å². The molecule has 2 fully saturated rings. The molecule has 4 aromatic carbocycles. The van der Waals surface area contributed by atoms with E-state index in [0.717, 1.165) is 10.8 Å². The van der Waals surface area contributed by atoms with Gasteiger partial charge in [0.1, 0.15) is 24.2 Å².